The monoisotopic (exact) mass is 521 g/mol. The van der Waals surface area contributed by atoms with Crippen LogP contribution in [0.15, 0.2) is 48.5 Å². The number of ether oxygens (including phenoxy) is 1. The van der Waals surface area contributed by atoms with Crippen molar-refractivity contribution >= 4 is 11.9 Å². The quantitative estimate of drug-likeness (QED) is 0.412. The highest BCUT2D eigenvalue weighted by atomic mass is 19.4. The van der Waals surface area contributed by atoms with Crippen molar-refractivity contribution in [3.05, 3.63) is 70.8 Å². The Labute approximate surface area is 203 Å². The standard InChI is InChI=1S/C22H23F6NO.C2H2O4/c1-2-29-9-8-20(19(13-29)16-6-4-3-5-7-16)30-14-15-10-17(21(23,24)25)12-18(11-15)22(26,27)28;3-1(4)2(5)6/h3-7,10-12,19-20H,2,8-9,13-14H2,1H3;(H,3,4)(H,5,6)/t19-,20-;/m0./s1. The number of halogens is 6. The van der Waals surface area contributed by atoms with Gasteiger partial charge in [0.1, 0.15) is 0 Å². The van der Waals surface area contributed by atoms with E-state index in [2.05, 4.69) is 4.90 Å². The molecule has 0 radical (unpaired) electrons. The first-order valence-electron chi connectivity index (χ1n) is 10.9. The van der Waals surface area contributed by atoms with Crippen LogP contribution in [0.2, 0.25) is 0 Å². The molecule has 1 saturated heterocycles. The summed E-state index contributed by atoms with van der Waals surface area (Å²) in [6, 6.07) is 11.2. The second-order valence-electron chi connectivity index (χ2n) is 8.07. The van der Waals surface area contributed by atoms with Crippen LogP contribution < -0.4 is 0 Å². The Kier molecular flexibility index (Phi) is 9.88. The highest BCUT2D eigenvalue weighted by Crippen LogP contribution is 2.37. The van der Waals surface area contributed by atoms with Crippen LogP contribution in [0.3, 0.4) is 0 Å². The van der Waals surface area contributed by atoms with Gasteiger partial charge in [-0.15, -0.1) is 0 Å². The second-order valence-corrected chi connectivity index (χ2v) is 8.07. The molecule has 36 heavy (non-hydrogen) atoms. The fourth-order valence-corrected chi connectivity index (χ4v) is 3.81. The van der Waals surface area contributed by atoms with Gasteiger partial charge < -0.3 is 19.8 Å². The zero-order chi connectivity index (χ0) is 27.1. The number of piperidine rings is 1. The average molecular weight is 521 g/mol. The summed E-state index contributed by atoms with van der Waals surface area (Å²) in [5.41, 5.74) is -1.74. The van der Waals surface area contributed by atoms with Gasteiger partial charge in [0.05, 0.1) is 23.8 Å². The van der Waals surface area contributed by atoms with Gasteiger partial charge in [-0.05, 0) is 42.3 Å². The number of carboxylic acid groups (broad SMARTS) is 2. The second kappa shape index (κ2) is 12.2. The van der Waals surface area contributed by atoms with Crippen LogP contribution in [0.25, 0.3) is 0 Å². The van der Waals surface area contributed by atoms with Crippen LogP contribution in [0.4, 0.5) is 26.3 Å². The first kappa shape index (κ1) is 29.1. The molecule has 6 nitrogen and oxygen atoms in total. The summed E-state index contributed by atoms with van der Waals surface area (Å²) < 4.78 is 84.4. The van der Waals surface area contributed by atoms with E-state index >= 15 is 0 Å². The summed E-state index contributed by atoms with van der Waals surface area (Å²) in [6.45, 7) is 4.08. The molecule has 0 saturated carbocycles. The fourth-order valence-electron chi connectivity index (χ4n) is 3.81. The van der Waals surface area contributed by atoms with E-state index in [-0.39, 0.29) is 30.3 Å². The Hall–Kier alpha value is -3.12. The maximum atomic E-state index is 13.1. The SMILES string of the molecule is CCN1CC[C@H](OCc2cc(C(F)(F)F)cc(C(F)(F)F)c2)[C@H](c2ccccc2)C1.O=C(O)C(=O)O. The van der Waals surface area contributed by atoms with Crippen LogP contribution in [-0.2, 0) is 33.3 Å². The number of likely N-dealkylation sites (N-methyl/N-ethyl adjacent to an activating group) is 1. The smallest absolute Gasteiger partial charge is 0.416 e. The molecule has 1 aliphatic rings. The van der Waals surface area contributed by atoms with Crippen LogP contribution in [0.5, 0.6) is 0 Å². The van der Waals surface area contributed by atoms with Gasteiger partial charge >= 0.3 is 24.3 Å². The average Bonchev–Trinajstić information content (AvgIpc) is 2.82. The number of hydrogen-bond donors (Lipinski definition) is 2. The summed E-state index contributed by atoms with van der Waals surface area (Å²) in [6.07, 6.45) is -9.37. The van der Waals surface area contributed by atoms with Crippen molar-refractivity contribution in [2.45, 2.75) is 44.3 Å². The molecule has 1 aliphatic heterocycles. The Morgan fingerprint density at radius 1 is 0.944 bits per heavy atom. The van der Waals surface area contributed by atoms with Crippen molar-refractivity contribution in [1.82, 2.24) is 4.90 Å². The van der Waals surface area contributed by atoms with E-state index < -0.39 is 35.4 Å². The van der Waals surface area contributed by atoms with Crippen molar-refractivity contribution in [3.63, 3.8) is 0 Å². The van der Waals surface area contributed by atoms with Crippen molar-refractivity contribution in [1.29, 1.82) is 0 Å². The van der Waals surface area contributed by atoms with Gasteiger partial charge in [0.15, 0.2) is 0 Å². The van der Waals surface area contributed by atoms with E-state index in [4.69, 9.17) is 24.5 Å². The fraction of sp³-hybridized carbons (Fsp3) is 0.417. The number of rotatable bonds is 5. The van der Waals surface area contributed by atoms with Crippen LogP contribution in [0.1, 0.15) is 41.5 Å². The molecule has 2 atom stereocenters. The molecular formula is C24H25F6NO5. The Morgan fingerprint density at radius 3 is 1.92 bits per heavy atom. The highest BCUT2D eigenvalue weighted by Gasteiger charge is 2.37. The third-order valence-corrected chi connectivity index (χ3v) is 5.60. The maximum absolute atomic E-state index is 13.1. The molecule has 1 heterocycles. The Balaban J connectivity index is 0.000000678. The zero-order valence-electron chi connectivity index (χ0n) is 19.1. The third kappa shape index (κ3) is 8.52. The summed E-state index contributed by atoms with van der Waals surface area (Å²) in [5.74, 6) is -3.65. The lowest BCUT2D eigenvalue weighted by molar-refractivity contribution is -0.159. The molecule has 2 N–H and O–H groups in total. The van der Waals surface area contributed by atoms with Gasteiger partial charge in [0, 0.05) is 19.0 Å². The lowest BCUT2D eigenvalue weighted by atomic mass is 9.88. The maximum Gasteiger partial charge on any atom is 0.416 e. The van der Waals surface area contributed by atoms with Gasteiger partial charge in [0.25, 0.3) is 0 Å². The number of benzene rings is 2. The zero-order valence-corrected chi connectivity index (χ0v) is 19.1. The van der Waals surface area contributed by atoms with E-state index in [1.807, 2.05) is 37.3 Å². The van der Waals surface area contributed by atoms with E-state index in [0.717, 1.165) is 37.3 Å². The molecule has 0 aromatic heterocycles. The minimum Gasteiger partial charge on any atom is -0.473 e. The lowest BCUT2D eigenvalue weighted by Crippen LogP contribution is -2.42. The first-order chi connectivity index (χ1) is 16.7. The molecule has 3 rings (SSSR count). The van der Waals surface area contributed by atoms with Crippen molar-refractivity contribution in [3.8, 4) is 0 Å². The molecule has 2 aromatic rings. The molecule has 198 valence electrons. The Morgan fingerprint density at radius 2 is 1.47 bits per heavy atom. The van der Waals surface area contributed by atoms with Gasteiger partial charge in [-0.25, -0.2) is 9.59 Å². The number of alkyl halides is 6. The van der Waals surface area contributed by atoms with Gasteiger partial charge in [-0.2, -0.15) is 26.3 Å². The summed E-state index contributed by atoms with van der Waals surface area (Å²) in [4.78, 5) is 20.5. The number of aliphatic carboxylic acids is 2. The molecule has 0 aliphatic carbocycles. The Bertz CT molecular complexity index is 982. The number of nitrogens with zero attached hydrogens (tertiary/aromatic N) is 1. The minimum absolute atomic E-state index is 0.00668. The summed E-state index contributed by atoms with van der Waals surface area (Å²) >= 11 is 0. The topological polar surface area (TPSA) is 87.1 Å². The molecule has 0 bridgehead atoms. The molecule has 0 amide bonds. The number of hydrogen-bond acceptors (Lipinski definition) is 4. The summed E-state index contributed by atoms with van der Waals surface area (Å²) in [5, 5.41) is 14.8. The lowest BCUT2D eigenvalue weighted by Gasteiger charge is -2.38. The van der Waals surface area contributed by atoms with Crippen LogP contribution in [-0.4, -0.2) is 52.8 Å². The van der Waals surface area contributed by atoms with E-state index in [9.17, 15) is 26.3 Å². The molecule has 0 unspecified atom stereocenters. The molecule has 2 aromatic carbocycles. The largest absolute Gasteiger partial charge is 0.473 e. The van der Waals surface area contributed by atoms with Gasteiger partial charge in [-0.3, -0.25) is 0 Å². The predicted molar refractivity (Wildman–Crippen MR) is 116 cm³/mol. The number of carboxylic acids is 2. The minimum atomic E-state index is -4.87. The summed E-state index contributed by atoms with van der Waals surface area (Å²) in [7, 11) is 0. The normalized spacial score (nSPS) is 18.8. The van der Waals surface area contributed by atoms with Crippen molar-refractivity contribution < 1.29 is 50.9 Å². The van der Waals surface area contributed by atoms with Crippen LogP contribution >= 0.6 is 0 Å². The molecular weight excluding hydrogens is 496 g/mol. The molecule has 12 heteroatoms. The van der Waals surface area contributed by atoms with Gasteiger partial charge in [0.2, 0.25) is 0 Å². The first-order valence-corrected chi connectivity index (χ1v) is 10.9. The van der Waals surface area contributed by atoms with E-state index in [0.29, 0.717) is 6.42 Å². The van der Waals surface area contributed by atoms with E-state index in [1.54, 1.807) is 0 Å². The van der Waals surface area contributed by atoms with Gasteiger partial charge in [-0.1, -0.05) is 37.3 Å². The van der Waals surface area contributed by atoms with Crippen molar-refractivity contribution in [2.24, 2.45) is 0 Å². The van der Waals surface area contributed by atoms with Crippen LogP contribution in [0, 0.1) is 0 Å². The number of carbonyl (C=O) groups is 2. The molecule has 0 spiro atoms. The molecule has 1 fully saturated rings. The highest BCUT2D eigenvalue weighted by molar-refractivity contribution is 6.27. The van der Waals surface area contributed by atoms with Crippen molar-refractivity contribution in [2.75, 3.05) is 19.6 Å². The number of likely N-dealkylation sites (tertiary alicyclic amines) is 1. The predicted octanol–water partition coefficient (Wildman–Crippen LogP) is 5.27. The van der Waals surface area contributed by atoms with E-state index in [1.165, 1.54) is 0 Å². The third-order valence-electron chi connectivity index (χ3n) is 5.60.